The largest absolute Gasteiger partial charge is 0.343 e. The number of nitriles is 1. The van der Waals surface area contributed by atoms with E-state index in [-0.39, 0.29) is 18.9 Å². The zero-order chi connectivity index (χ0) is 9.68. The number of carbonyl (C=O) groups is 1. The summed E-state index contributed by atoms with van der Waals surface area (Å²) in [6.45, 7) is 2.00. The monoisotopic (exact) mass is 195 g/mol. The van der Waals surface area contributed by atoms with E-state index in [9.17, 15) is 4.79 Å². The van der Waals surface area contributed by atoms with Crippen LogP contribution in [0.1, 0.15) is 9.88 Å². The van der Waals surface area contributed by atoms with E-state index in [1.807, 2.05) is 13.0 Å². The molecule has 0 radical (unpaired) electrons. The van der Waals surface area contributed by atoms with E-state index < -0.39 is 0 Å². The first-order chi connectivity index (χ1) is 6.22. The fourth-order valence-corrected chi connectivity index (χ4v) is 1.61. The van der Waals surface area contributed by atoms with Crippen LogP contribution in [0, 0.1) is 18.3 Å². The molecule has 68 valence electrons. The molecule has 4 nitrogen and oxygen atoms in total. The van der Waals surface area contributed by atoms with E-state index in [2.05, 4.69) is 10.3 Å². The lowest BCUT2D eigenvalue weighted by molar-refractivity contribution is -0.120. The van der Waals surface area contributed by atoms with E-state index in [1.54, 1.807) is 6.20 Å². The molecule has 1 amide bonds. The van der Waals surface area contributed by atoms with Gasteiger partial charge in [0.2, 0.25) is 5.91 Å². The maximum absolute atomic E-state index is 11.1. The highest BCUT2D eigenvalue weighted by Gasteiger charge is 2.05. The van der Waals surface area contributed by atoms with Gasteiger partial charge in [-0.25, -0.2) is 4.98 Å². The third kappa shape index (κ3) is 3.22. The van der Waals surface area contributed by atoms with Gasteiger partial charge in [-0.05, 0) is 6.92 Å². The Balaban J connectivity index is 2.41. The van der Waals surface area contributed by atoms with Gasteiger partial charge in [-0.3, -0.25) is 4.79 Å². The summed E-state index contributed by atoms with van der Waals surface area (Å²) in [5, 5.41) is 11.4. The normalized spacial score (nSPS) is 9.23. The van der Waals surface area contributed by atoms with E-state index in [0.717, 1.165) is 9.88 Å². The molecule has 1 aromatic heterocycles. The Morgan fingerprint density at radius 1 is 1.85 bits per heavy atom. The highest BCUT2D eigenvalue weighted by molar-refractivity contribution is 7.11. The van der Waals surface area contributed by atoms with E-state index in [4.69, 9.17) is 5.26 Å². The summed E-state index contributed by atoms with van der Waals surface area (Å²) in [6.07, 6.45) is 2.00. The molecule has 0 spiro atoms. The van der Waals surface area contributed by atoms with Gasteiger partial charge in [-0.2, -0.15) is 5.26 Å². The molecule has 1 N–H and O–H groups in total. The van der Waals surface area contributed by atoms with Crippen molar-refractivity contribution in [3.8, 4) is 6.07 Å². The van der Waals surface area contributed by atoms with Crippen molar-refractivity contribution in [3.63, 3.8) is 0 Å². The van der Waals surface area contributed by atoms with Crippen LogP contribution < -0.4 is 5.32 Å². The van der Waals surface area contributed by atoms with Gasteiger partial charge in [0, 0.05) is 11.1 Å². The fraction of sp³-hybridized carbons (Fsp3) is 0.375. The summed E-state index contributed by atoms with van der Waals surface area (Å²) in [6, 6.07) is 1.84. The van der Waals surface area contributed by atoms with Crippen LogP contribution in [-0.2, 0) is 11.2 Å². The maximum Gasteiger partial charge on any atom is 0.227 e. The average Bonchev–Trinajstić information content (AvgIpc) is 2.48. The second-order valence-electron chi connectivity index (χ2n) is 2.48. The zero-order valence-electron chi connectivity index (χ0n) is 7.20. The lowest BCUT2D eigenvalue weighted by Crippen LogP contribution is -2.25. The molecule has 1 rings (SSSR count). The number of nitrogens with one attached hydrogen (secondary N) is 1. The van der Waals surface area contributed by atoms with Crippen molar-refractivity contribution in [2.45, 2.75) is 13.3 Å². The minimum atomic E-state index is -0.157. The maximum atomic E-state index is 11.1. The number of nitrogens with zero attached hydrogens (tertiary/aromatic N) is 2. The number of aryl methyl sites for hydroxylation is 1. The Hall–Kier alpha value is -1.41. The molecule has 1 aromatic rings. The molecular weight excluding hydrogens is 186 g/mol. The Morgan fingerprint density at radius 3 is 3.15 bits per heavy atom. The molecule has 13 heavy (non-hydrogen) atoms. The minimum Gasteiger partial charge on any atom is -0.343 e. The third-order valence-electron chi connectivity index (χ3n) is 1.35. The van der Waals surface area contributed by atoms with E-state index in [1.165, 1.54) is 11.3 Å². The minimum absolute atomic E-state index is 0.0587. The average molecular weight is 195 g/mol. The summed E-state index contributed by atoms with van der Waals surface area (Å²) in [5.41, 5.74) is 0. The van der Waals surface area contributed by atoms with Crippen LogP contribution in [0.4, 0.5) is 0 Å². The number of amides is 1. The Bertz CT molecular complexity index is 339. The topological polar surface area (TPSA) is 65.8 Å². The van der Waals surface area contributed by atoms with Crippen molar-refractivity contribution in [2.75, 3.05) is 6.54 Å². The molecule has 1 heterocycles. The predicted molar refractivity (Wildman–Crippen MR) is 49.2 cm³/mol. The van der Waals surface area contributed by atoms with Crippen molar-refractivity contribution in [1.82, 2.24) is 10.3 Å². The van der Waals surface area contributed by atoms with Crippen LogP contribution >= 0.6 is 11.3 Å². The Morgan fingerprint density at radius 2 is 2.62 bits per heavy atom. The van der Waals surface area contributed by atoms with Crippen molar-refractivity contribution >= 4 is 17.2 Å². The lowest BCUT2D eigenvalue weighted by Gasteiger charge is -1.96. The molecular formula is C8H9N3OS. The molecule has 0 aliphatic heterocycles. The van der Waals surface area contributed by atoms with Gasteiger partial charge in [0.1, 0.15) is 11.6 Å². The van der Waals surface area contributed by atoms with Gasteiger partial charge < -0.3 is 5.32 Å². The third-order valence-corrected chi connectivity index (χ3v) is 2.26. The quantitative estimate of drug-likeness (QED) is 0.719. The van der Waals surface area contributed by atoms with Gasteiger partial charge in [0.15, 0.2) is 0 Å². The first-order valence-electron chi connectivity index (χ1n) is 3.77. The number of aromatic nitrogens is 1. The predicted octanol–water partition coefficient (Wildman–Crippen LogP) is 0.634. The molecule has 0 aliphatic carbocycles. The molecule has 0 aromatic carbocycles. The second-order valence-corrected chi connectivity index (χ2v) is 3.80. The van der Waals surface area contributed by atoms with Crippen LogP contribution in [0.5, 0.6) is 0 Å². The van der Waals surface area contributed by atoms with Gasteiger partial charge in [-0.15, -0.1) is 11.3 Å². The van der Waals surface area contributed by atoms with Crippen molar-refractivity contribution in [2.24, 2.45) is 0 Å². The number of carbonyl (C=O) groups excluding carboxylic acids is 1. The van der Waals surface area contributed by atoms with Crippen LogP contribution in [0.2, 0.25) is 0 Å². The molecule has 0 aliphatic rings. The number of thiazole rings is 1. The number of hydrogen-bond acceptors (Lipinski definition) is 4. The van der Waals surface area contributed by atoms with Gasteiger partial charge in [-0.1, -0.05) is 0 Å². The molecule has 0 saturated carbocycles. The number of hydrogen-bond donors (Lipinski definition) is 1. The fourth-order valence-electron chi connectivity index (χ4n) is 0.821. The smallest absolute Gasteiger partial charge is 0.227 e. The summed E-state index contributed by atoms with van der Waals surface area (Å²) in [5.74, 6) is -0.157. The second kappa shape index (κ2) is 4.58. The van der Waals surface area contributed by atoms with Crippen LogP contribution in [-0.4, -0.2) is 17.4 Å². The molecule has 0 fully saturated rings. The molecule has 0 unspecified atom stereocenters. The summed E-state index contributed by atoms with van der Waals surface area (Å²) < 4.78 is 0. The highest BCUT2D eigenvalue weighted by atomic mass is 32.1. The summed E-state index contributed by atoms with van der Waals surface area (Å²) in [4.78, 5) is 16.2. The lowest BCUT2D eigenvalue weighted by atomic mass is 10.4. The summed E-state index contributed by atoms with van der Waals surface area (Å²) >= 11 is 1.49. The Kier molecular flexibility index (Phi) is 3.41. The van der Waals surface area contributed by atoms with Gasteiger partial charge in [0.05, 0.1) is 12.5 Å². The Labute approximate surface area is 80.2 Å². The highest BCUT2D eigenvalue weighted by Crippen LogP contribution is 2.11. The molecule has 0 atom stereocenters. The van der Waals surface area contributed by atoms with E-state index >= 15 is 0 Å². The standard InChI is InChI=1S/C8H9N3OS/c1-6-5-11-8(13-6)4-7(12)10-3-2-9/h5H,3-4H2,1H3,(H,10,12). The first-order valence-corrected chi connectivity index (χ1v) is 4.59. The summed E-state index contributed by atoms with van der Waals surface area (Å²) in [7, 11) is 0. The van der Waals surface area contributed by atoms with Crippen molar-refractivity contribution in [3.05, 3.63) is 16.1 Å². The number of rotatable bonds is 3. The van der Waals surface area contributed by atoms with Crippen molar-refractivity contribution < 1.29 is 4.79 Å². The molecule has 0 bridgehead atoms. The van der Waals surface area contributed by atoms with Gasteiger partial charge in [0.25, 0.3) is 0 Å². The van der Waals surface area contributed by atoms with Crippen LogP contribution in [0.25, 0.3) is 0 Å². The zero-order valence-corrected chi connectivity index (χ0v) is 8.02. The SMILES string of the molecule is Cc1cnc(CC(=O)NCC#N)s1. The van der Waals surface area contributed by atoms with Crippen molar-refractivity contribution in [1.29, 1.82) is 5.26 Å². The first kappa shape index (κ1) is 9.68. The van der Waals surface area contributed by atoms with E-state index in [0.29, 0.717) is 0 Å². The molecule has 5 heteroatoms. The van der Waals surface area contributed by atoms with Crippen LogP contribution in [0.3, 0.4) is 0 Å². The van der Waals surface area contributed by atoms with Gasteiger partial charge >= 0.3 is 0 Å². The van der Waals surface area contributed by atoms with Crippen LogP contribution in [0.15, 0.2) is 6.20 Å². The molecule has 0 saturated heterocycles.